The number of pyridine rings is 1. The zero-order chi connectivity index (χ0) is 13.1. The van der Waals surface area contributed by atoms with Crippen molar-refractivity contribution in [2.24, 2.45) is 0 Å². The molecular weight excluding hydrogens is 232 g/mol. The number of aromatic nitrogens is 1. The van der Waals surface area contributed by atoms with Crippen LogP contribution >= 0.6 is 0 Å². The number of hydrogen-bond acceptors (Lipinski definition) is 4. The van der Waals surface area contributed by atoms with E-state index in [9.17, 15) is 9.90 Å². The monoisotopic (exact) mass is 250 g/mol. The predicted octanol–water partition coefficient (Wildman–Crippen LogP) is 1.70. The Bertz CT molecular complexity index is 442. The number of hydrogen-bond donors (Lipinski definition) is 1. The highest BCUT2D eigenvalue weighted by molar-refractivity contribution is 5.94. The third-order valence-electron chi connectivity index (χ3n) is 3.37. The lowest BCUT2D eigenvalue weighted by Gasteiger charge is -2.33. The van der Waals surface area contributed by atoms with Crippen LogP contribution in [0.15, 0.2) is 12.3 Å². The standard InChI is InChI=1S/C13H18N2O3/c1-9-7-12(11(8-14-9)13(16)17)15(2)10-3-5-18-6-4-10/h7-8,10H,3-6H2,1-2H3,(H,16,17). The third kappa shape index (κ3) is 2.61. The molecule has 0 unspecified atom stereocenters. The Balaban J connectivity index is 2.30. The molecule has 98 valence electrons. The number of carbonyl (C=O) groups is 1. The van der Waals surface area contributed by atoms with Gasteiger partial charge in [-0.3, -0.25) is 4.98 Å². The maximum atomic E-state index is 11.2. The Morgan fingerprint density at radius 3 is 2.78 bits per heavy atom. The lowest BCUT2D eigenvalue weighted by molar-refractivity contribution is 0.0696. The van der Waals surface area contributed by atoms with Gasteiger partial charge in [-0.05, 0) is 25.8 Å². The number of rotatable bonds is 3. The van der Waals surface area contributed by atoms with E-state index in [0.29, 0.717) is 6.04 Å². The van der Waals surface area contributed by atoms with E-state index in [1.165, 1.54) is 6.20 Å². The highest BCUT2D eigenvalue weighted by atomic mass is 16.5. The molecule has 0 atom stereocenters. The molecule has 0 amide bonds. The molecule has 18 heavy (non-hydrogen) atoms. The number of nitrogens with zero attached hydrogens (tertiary/aromatic N) is 2. The van der Waals surface area contributed by atoms with Gasteiger partial charge in [0.25, 0.3) is 0 Å². The van der Waals surface area contributed by atoms with Gasteiger partial charge in [0.05, 0.1) is 5.69 Å². The molecule has 1 aromatic rings. The van der Waals surface area contributed by atoms with Gasteiger partial charge in [0.2, 0.25) is 0 Å². The van der Waals surface area contributed by atoms with E-state index in [1.807, 2.05) is 24.9 Å². The van der Waals surface area contributed by atoms with E-state index in [1.54, 1.807) is 0 Å². The minimum Gasteiger partial charge on any atom is -0.478 e. The normalized spacial score (nSPS) is 16.6. The predicted molar refractivity (Wildman–Crippen MR) is 68.2 cm³/mol. The van der Waals surface area contributed by atoms with Gasteiger partial charge < -0.3 is 14.7 Å². The van der Waals surface area contributed by atoms with E-state index in [4.69, 9.17) is 4.74 Å². The summed E-state index contributed by atoms with van der Waals surface area (Å²) in [5.74, 6) is -0.934. The fraction of sp³-hybridized carbons (Fsp3) is 0.538. The SMILES string of the molecule is Cc1cc(N(C)C2CCOCC2)c(C(=O)O)cn1. The first-order valence-corrected chi connectivity index (χ1v) is 6.10. The van der Waals surface area contributed by atoms with Gasteiger partial charge in [0.15, 0.2) is 0 Å². The Hall–Kier alpha value is -1.62. The summed E-state index contributed by atoms with van der Waals surface area (Å²) in [6.45, 7) is 3.34. The van der Waals surface area contributed by atoms with Gasteiger partial charge in [-0.15, -0.1) is 0 Å². The molecule has 0 aromatic carbocycles. The van der Waals surface area contributed by atoms with Gasteiger partial charge in [-0.1, -0.05) is 0 Å². The number of carboxylic acid groups (broad SMARTS) is 1. The Morgan fingerprint density at radius 1 is 1.50 bits per heavy atom. The molecular formula is C13H18N2O3. The van der Waals surface area contributed by atoms with Crippen LogP contribution in [0, 0.1) is 6.92 Å². The van der Waals surface area contributed by atoms with Crippen molar-refractivity contribution in [2.45, 2.75) is 25.8 Å². The van der Waals surface area contributed by atoms with E-state index >= 15 is 0 Å². The molecule has 0 bridgehead atoms. The largest absolute Gasteiger partial charge is 0.478 e. The summed E-state index contributed by atoms with van der Waals surface area (Å²) >= 11 is 0. The van der Waals surface area contributed by atoms with E-state index in [2.05, 4.69) is 4.98 Å². The molecule has 0 spiro atoms. The van der Waals surface area contributed by atoms with Gasteiger partial charge in [0.1, 0.15) is 5.56 Å². The molecule has 1 aromatic heterocycles. The van der Waals surface area contributed by atoms with Crippen LogP contribution in [0.1, 0.15) is 28.9 Å². The first kappa shape index (κ1) is 12.8. The molecule has 2 rings (SSSR count). The molecule has 2 heterocycles. The second kappa shape index (κ2) is 5.35. The molecule has 5 heteroatoms. The minimum absolute atomic E-state index is 0.259. The quantitative estimate of drug-likeness (QED) is 0.884. The van der Waals surface area contributed by atoms with Crippen LogP contribution in [-0.2, 0) is 4.74 Å². The Kier molecular flexibility index (Phi) is 3.81. The molecule has 0 radical (unpaired) electrons. The fourth-order valence-corrected chi connectivity index (χ4v) is 2.27. The zero-order valence-electron chi connectivity index (χ0n) is 10.7. The molecule has 1 aliphatic rings. The molecule has 0 saturated carbocycles. The molecule has 1 aliphatic heterocycles. The van der Waals surface area contributed by atoms with E-state index in [-0.39, 0.29) is 5.56 Å². The average Bonchev–Trinajstić information content (AvgIpc) is 2.38. The van der Waals surface area contributed by atoms with E-state index < -0.39 is 5.97 Å². The van der Waals surface area contributed by atoms with Crippen molar-refractivity contribution >= 4 is 11.7 Å². The molecule has 1 N–H and O–H groups in total. The van der Waals surface area contributed by atoms with Gasteiger partial charge in [-0.2, -0.15) is 0 Å². The van der Waals surface area contributed by atoms with Gasteiger partial charge in [0, 0.05) is 38.2 Å². The van der Waals surface area contributed by atoms with E-state index in [0.717, 1.165) is 37.4 Å². The summed E-state index contributed by atoms with van der Waals surface area (Å²) in [7, 11) is 1.94. The smallest absolute Gasteiger partial charge is 0.339 e. The van der Waals surface area contributed by atoms with Crippen LogP contribution < -0.4 is 4.90 Å². The maximum Gasteiger partial charge on any atom is 0.339 e. The van der Waals surface area contributed by atoms with Crippen LogP contribution in [0.3, 0.4) is 0 Å². The summed E-state index contributed by atoms with van der Waals surface area (Å²) in [5, 5.41) is 9.21. The Morgan fingerprint density at radius 2 is 2.17 bits per heavy atom. The molecule has 1 saturated heterocycles. The number of aromatic carboxylic acids is 1. The summed E-state index contributed by atoms with van der Waals surface area (Å²) in [4.78, 5) is 17.3. The highest BCUT2D eigenvalue weighted by Crippen LogP contribution is 2.25. The van der Waals surface area contributed by atoms with Gasteiger partial charge >= 0.3 is 5.97 Å². The lowest BCUT2D eigenvalue weighted by atomic mass is 10.1. The first-order valence-electron chi connectivity index (χ1n) is 6.10. The number of carboxylic acids is 1. The summed E-state index contributed by atoms with van der Waals surface area (Å²) < 4.78 is 5.33. The molecule has 0 aliphatic carbocycles. The number of ether oxygens (including phenoxy) is 1. The first-order chi connectivity index (χ1) is 8.59. The topological polar surface area (TPSA) is 62.7 Å². The average molecular weight is 250 g/mol. The number of aryl methyl sites for hydroxylation is 1. The van der Waals surface area contributed by atoms with Crippen molar-refractivity contribution in [3.8, 4) is 0 Å². The number of anilines is 1. The van der Waals surface area contributed by atoms with Crippen molar-refractivity contribution in [3.05, 3.63) is 23.5 Å². The van der Waals surface area contributed by atoms with Crippen molar-refractivity contribution in [3.63, 3.8) is 0 Å². The lowest BCUT2D eigenvalue weighted by Crippen LogP contribution is -2.37. The van der Waals surface area contributed by atoms with Crippen LogP contribution in [0.2, 0.25) is 0 Å². The van der Waals surface area contributed by atoms with Crippen molar-refractivity contribution in [1.82, 2.24) is 4.98 Å². The second-order valence-electron chi connectivity index (χ2n) is 4.60. The van der Waals surface area contributed by atoms with Crippen molar-refractivity contribution in [1.29, 1.82) is 0 Å². The second-order valence-corrected chi connectivity index (χ2v) is 4.60. The van der Waals surface area contributed by atoms with Crippen LogP contribution in [0.25, 0.3) is 0 Å². The van der Waals surface area contributed by atoms with Crippen molar-refractivity contribution < 1.29 is 14.6 Å². The van der Waals surface area contributed by atoms with Crippen LogP contribution in [0.4, 0.5) is 5.69 Å². The van der Waals surface area contributed by atoms with Crippen LogP contribution in [-0.4, -0.2) is 42.4 Å². The minimum atomic E-state index is -0.934. The van der Waals surface area contributed by atoms with Crippen LogP contribution in [0.5, 0.6) is 0 Å². The third-order valence-corrected chi connectivity index (χ3v) is 3.37. The maximum absolute atomic E-state index is 11.2. The fourth-order valence-electron chi connectivity index (χ4n) is 2.27. The molecule has 5 nitrogen and oxygen atoms in total. The molecule has 1 fully saturated rings. The summed E-state index contributed by atoms with van der Waals surface area (Å²) in [6.07, 6.45) is 3.29. The Labute approximate surface area is 106 Å². The highest BCUT2D eigenvalue weighted by Gasteiger charge is 2.22. The summed E-state index contributed by atoms with van der Waals surface area (Å²) in [6, 6.07) is 2.16. The van der Waals surface area contributed by atoms with Gasteiger partial charge in [-0.25, -0.2) is 4.79 Å². The summed E-state index contributed by atoms with van der Waals surface area (Å²) in [5.41, 5.74) is 1.82. The zero-order valence-corrected chi connectivity index (χ0v) is 10.7. The van der Waals surface area contributed by atoms with Crippen molar-refractivity contribution in [2.75, 3.05) is 25.2 Å².